The summed E-state index contributed by atoms with van der Waals surface area (Å²) in [6, 6.07) is 17.1. The number of anilines is 1. The first-order valence-electron chi connectivity index (χ1n) is 7.87. The highest BCUT2D eigenvalue weighted by Gasteiger charge is 2.33. The van der Waals surface area contributed by atoms with Gasteiger partial charge < -0.3 is 10.6 Å². The third-order valence-electron chi connectivity index (χ3n) is 3.98. The average molecular weight is 308 g/mol. The SMILES string of the molecule is CC(=O)Nc1cccc(C(=O)NC(c2ccccc2)C2CC2)c1. The third kappa shape index (κ3) is 3.97. The summed E-state index contributed by atoms with van der Waals surface area (Å²) in [4.78, 5) is 23.7. The Bertz CT molecular complexity index is 708. The predicted molar refractivity (Wildman–Crippen MR) is 90.1 cm³/mol. The lowest BCUT2D eigenvalue weighted by Crippen LogP contribution is -2.29. The number of amides is 2. The number of rotatable bonds is 5. The first-order chi connectivity index (χ1) is 11.1. The molecule has 1 aliphatic carbocycles. The first-order valence-corrected chi connectivity index (χ1v) is 7.87. The van der Waals surface area contributed by atoms with Crippen molar-refractivity contribution in [2.75, 3.05) is 5.32 Å². The van der Waals surface area contributed by atoms with Gasteiger partial charge in [-0.3, -0.25) is 9.59 Å². The Balaban J connectivity index is 1.76. The third-order valence-corrected chi connectivity index (χ3v) is 3.98. The van der Waals surface area contributed by atoms with Gasteiger partial charge in [0.05, 0.1) is 6.04 Å². The van der Waals surface area contributed by atoms with Gasteiger partial charge in [-0.05, 0) is 42.5 Å². The minimum Gasteiger partial charge on any atom is -0.345 e. The van der Waals surface area contributed by atoms with E-state index in [0.29, 0.717) is 17.2 Å². The second-order valence-corrected chi connectivity index (χ2v) is 5.96. The molecular weight excluding hydrogens is 288 g/mol. The molecule has 118 valence electrons. The Hall–Kier alpha value is -2.62. The molecule has 3 rings (SSSR count). The Morgan fingerprint density at radius 2 is 1.78 bits per heavy atom. The molecule has 2 N–H and O–H groups in total. The second kappa shape index (κ2) is 6.65. The van der Waals surface area contributed by atoms with Crippen LogP contribution in [0, 0.1) is 5.92 Å². The van der Waals surface area contributed by atoms with Crippen molar-refractivity contribution in [1.82, 2.24) is 5.32 Å². The van der Waals surface area contributed by atoms with Crippen molar-refractivity contribution >= 4 is 17.5 Å². The van der Waals surface area contributed by atoms with E-state index >= 15 is 0 Å². The van der Waals surface area contributed by atoms with Crippen LogP contribution in [0.4, 0.5) is 5.69 Å². The molecule has 0 bridgehead atoms. The number of nitrogens with one attached hydrogen (secondary N) is 2. The van der Waals surface area contributed by atoms with Crippen molar-refractivity contribution in [3.63, 3.8) is 0 Å². The van der Waals surface area contributed by atoms with Gasteiger partial charge in [-0.1, -0.05) is 36.4 Å². The number of benzene rings is 2. The molecule has 0 aliphatic heterocycles. The molecule has 1 unspecified atom stereocenters. The van der Waals surface area contributed by atoms with E-state index in [9.17, 15) is 9.59 Å². The van der Waals surface area contributed by atoms with E-state index in [1.807, 2.05) is 18.2 Å². The minimum atomic E-state index is -0.150. The lowest BCUT2D eigenvalue weighted by atomic mass is 10.0. The molecular formula is C19H20N2O2. The number of hydrogen-bond donors (Lipinski definition) is 2. The molecule has 2 aromatic rings. The molecule has 23 heavy (non-hydrogen) atoms. The number of carbonyl (C=O) groups is 2. The van der Waals surface area contributed by atoms with Gasteiger partial charge in [-0.2, -0.15) is 0 Å². The summed E-state index contributed by atoms with van der Waals surface area (Å²) in [7, 11) is 0. The highest BCUT2D eigenvalue weighted by atomic mass is 16.2. The van der Waals surface area contributed by atoms with E-state index in [1.54, 1.807) is 24.3 Å². The van der Waals surface area contributed by atoms with Crippen molar-refractivity contribution in [3.8, 4) is 0 Å². The van der Waals surface area contributed by atoms with E-state index in [0.717, 1.165) is 18.4 Å². The maximum absolute atomic E-state index is 12.6. The summed E-state index contributed by atoms with van der Waals surface area (Å²) >= 11 is 0. The van der Waals surface area contributed by atoms with Crippen LogP contribution in [0.2, 0.25) is 0 Å². The van der Waals surface area contributed by atoms with E-state index in [1.165, 1.54) is 6.92 Å². The molecule has 2 amide bonds. The van der Waals surface area contributed by atoms with Crippen LogP contribution in [0.15, 0.2) is 54.6 Å². The zero-order valence-corrected chi connectivity index (χ0v) is 13.1. The van der Waals surface area contributed by atoms with Gasteiger partial charge in [0.15, 0.2) is 0 Å². The van der Waals surface area contributed by atoms with Crippen LogP contribution >= 0.6 is 0 Å². The van der Waals surface area contributed by atoms with Crippen molar-refractivity contribution in [2.24, 2.45) is 5.92 Å². The number of carbonyl (C=O) groups excluding carboxylic acids is 2. The van der Waals surface area contributed by atoms with Crippen LogP contribution in [0.25, 0.3) is 0 Å². The minimum absolute atomic E-state index is 0.0492. The Labute approximate surface area is 135 Å². The van der Waals surface area contributed by atoms with Crippen molar-refractivity contribution in [1.29, 1.82) is 0 Å². The average Bonchev–Trinajstić information content (AvgIpc) is 3.37. The maximum atomic E-state index is 12.6. The summed E-state index contributed by atoms with van der Waals surface area (Å²) in [6.45, 7) is 1.45. The second-order valence-electron chi connectivity index (χ2n) is 5.96. The lowest BCUT2D eigenvalue weighted by molar-refractivity contribution is -0.114. The van der Waals surface area contributed by atoms with Crippen molar-refractivity contribution in [2.45, 2.75) is 25.8 Å². The van der Waals surface area contributed by atoms with Crippen molar-refractivity contribution in [3.05, 3.63) is 65.7 Å². The number of hydrogen-bond acceptors (Lipinski definition) is 2. The monoisotopic (exact) mass is 308 g/mol. The summed E-state index contributed by atoms with van der Waals surface area (Å²) in [5.41, 5.74) is 2.33. The molecule has 4 heteroatoms. The van der Waals surface area contributed by atoms with Crippen LogP contribution in [0.1, 0.15) is 41.7 Å². The zero-order chi connectivity index (χ0) is 16.2. The Kier molecular flexibility index (Phi) is 4.42. The van der Waals surface area contributed by atoms with Gasteiger partial charge in [-0.15, -0.1) is 0 Å². The molecule has 0 heterocycles. The molecule has 2 aromatic carbocycles. The van der Waals surface area contributed by atoms with Crippen LogP contribution in [-0.2, 0) is 4.79 Å². The maximum Gasteiger partial charge on any atom is 0.251 e. The van der Waals surface area contributed by atoms with Gasteiger partial charge >= 0.3 is 0 Å². The molecule has 1 saturated carbocycles. The summed E-state index contributed by atoms with van der Waals surface area (Å²) in [5, 5.41) is 5.84. The molecule has 0 aromatic heterocycles. The molecule has 1 fully saturated rings. The molecule has 0 radical (unpaired) electrons. The van der Waals surface area contributed by atoms with Gasteiger partial charge in [-0.25, -0.2) is 0 Å². The summed E-state index contributed by atoms with van der Waals surface area (Å²) in [5.74, 6) is 0.250. The molecule has 0 saturated heterocycles. The molecule has 4 nitrogen and oxygen atoms in total. The highest BCUT2D eigenvalue weighted by molar-refractivity contribution is 5.97. The summed E-state index contributed by atoms with van der Waals surface area (Å²) < 4.78 is 0. The Morgan fingerprint density at radius 3 is 2.43 bits per heavy atom. The lowest BCUT2D eigenvalue weighted by Gasteiger charge is -2.19. The smallest absolute Gasteiger partial charge is 0.251 e. The van der Waals surface area contributed by atoms with E-state index < -0.39 is 0 Å². The fourth-order valence-corrected chi connectivity index (χ4v) is 2.73. The molecule has 0 spiro atoms. The quantitative estimate of drug-likeness (QED) is 0.888. The van der Waals surface area contributed by atoms with Crippen LogP contribution < -0.4 is 10.6 Å². The first kappa shape index (κ1) is 15.3. The van der Waals surface area contributed by atoms with Crippen LogP contribution in [0.3, 0.4) is 0 Å². The normalized spacial score (nSPS) is 14.8. The van der Waals surface area contributed by atoms with Gasteiger partial charge in [0.2, 0.25) is 5.91 Å². The topological polar surface area (TPSA) is 58.2 Å². The van der Waals surface area contributed by atoms with Gasteiger partial charge in [0, 0.05) is 18.2 Å². The molecule has 1 atom stereocenters. The highest BCUT2D eigenvalue weighted by Crippen LogP contribution is 2.41. The van der Waals surface area contributed by atoms with E-state index in [4.69, 9.17) is 0 Å². The van der Waals surface area contributed by atoms with E-state index in [2.05, 4.69) is 22.8 Å². The van der Waals surface area contributed by atoms with E-state index in [-0.39, 0.29) is 17.9 Å². The largest absolute Gasteiger partial charge is 0.345 e. The van der Waals surface area contributed by atoms with Crippen molar-refractivity contribution < 1.29 is 9.59 Å². The standard InChI is InChI=1S/C19H20N2O2/c1-13(22)20-17-9-5-8-16(12-17)19(23)21-18(15-10-11-15)14-6-3-2-4-7-14/h2-9,12,15,18H,10-11H2,1H3,(H,20,22)(H,21,23). The van der Waals surface area contributed by atoms with Gasteiger partial charge in [0.25, 0.3) is 5.91 Å². The fourth-order valence-electron chi connectivity index (χ4n) is 2.73. The van der Waals surface area contributed by atoms with Gasteiger partial charge in [0.1, 0.15) is 0 Å². The fraction of sp³-hybridized carbons (Fsp3) is 0.263. The van der Waals surface area contributed by atoms with Crippen LogP contribution in [0.5, 0.6) is 0 Å². The Morgan fingerprint density at radius 1 is 1.04 bits per heavy atom. The zero-order valence-electron chi connectivity index (χ0n) is 13.1. The molecule has 1 aliphatic rings. The summed E-state index contributed by atoms with van der Waals surface area (Å²) in [6.07, 6.45) is 2.29. The van der Waals surface area contributed by atoms with Crippen LogP contribution in [-0.4, -0.2) is 11.8 Å². The predicted octanol–water partition coefficient (Wildman–Crippen LogP) is 3.53.